The van der Waals surface area contributed by atoms with E-state index in [0.717, 1.165) is 48.2 Å². The number of hydrogen-bond donors (Lipinski definition) is 0. The summed E-state index contributed by atoms with van der Waals surface area (Å²) in [5, 5.41) is 2.22. The van der Waals surface area contributed by atoms with E-state index in [1.54, 1.807) is 0 Å². The Labute approximate surface area is 133 Å². The van der Waals surface area contributed by atoms with Crippen molar-refractivity contribution in [2.45, 2.75) is 39.0 Å². The average molecular weight is 295 g/mol. The van der Waals surface area contributed by atoms with Gasteiger partial charge >= 0.3 is 0 Å². The zero-order valence-corrected chi connectivity index (χ0v) is 13.4. The van der Waals surface area contributed by atoms with E-state index in [0.29, 0.717) is 0 Å². The maximum atomic E-state index is 12.9. The van der Waals surface area contributed by atoms with E-state index in [-0.39, 0.29) is 5.91 Å². The summed E-state index contributed by atoms with van der Waals surface area (Å²) in [6.45, 7) is 4.08. The monoisotopic (exact) mass is 295 g/mol. The van der Waals surface area contributed by atoms with Crippen LogP contribution >= 0.6 is 0 Å². The van der Waals surface area contributed by atoms with E-state index in [1.165, 1.54) is 19.3 Å². The fraction of sp³-hybridized carbons (Fsp3) is 0.450. The quantitative estimate of drug-likeness (QED) is 0.787. The van der Waals surface area contributed by atoms with Crippen molar-refractivity contribution in [2.24, 2.45) is 5.92 Å². The van der Waals surface area contributed by atoms with Crippen molar-refractivity contribution >= 4 is 16.7 Å². The van der Waals surface area contributed by atoms with Crippen LogP contribution in [0, 0.1) is 5.92 Å². The minimum atomic E-state index is 0.200. The molecule has 0 unspecified atom stereocenters. The molecule has 116 valence electrons. The molecule has 2 nitrogen and oxygen atoms in total. The third-order valence-corrected chi connectivity index (χ3v) is 4.89. The number of amides is 1. The van der Waals surface area contributed by atoms with Crippen LogP contribution < -0.4 is 0 Å². The summed E-state index contributed by atoms with van der Waals surface area (Å²) in [5.74, 6) is 1.02. The average Bonchev–Trinajstić information content (AvgIpc) is 2.59. The third-order valence-electron chi connectivity index (χ3n) is 4.89. The number of benzene rings is 2. The summed E-state index contributed by atoms with van der Waals surface area (Å²) < 4.78 is 0. The van der Waals surface area contributed by atoms with Crippen LogP contribution in [0.2, 0.25) is 0 Å². The molecule has 1 heterocycles. The Bertz CT molecular complexity index is 636. The molecule has 3 rings (SSSR count). The summed E-state index contributed by atoms with van der Waals surface area (Å²) in [6, 6.07) is 14.2. The number of carbonyl (C=O) groups excluding carboxylic acids is 1. The molecule has 0 aromatic heterocycles. The van der Waals surface area contributed by atoms with Crippen LogP contribution in [0.5, 0.6) is 0 Å². The first-order valence-corrected chi connectivity index (χ1v) is 8.56. The second-order valence-corrected chi connectivity index (χ2v) is 6.40. The van der Waals surface area contributed by atoms with E-state index in [1.807, 2.05) is 29.2 Å². The van der Waals surface area contributed by atoms with Gasteiger partial charge in [0.25, 0.3) is 5.91 Å². The van der Waals surface area contributed by atoms with Crippen molar-refractivity contribution < 1.29 is 4.79 Å². The zero-order chi connectivity index (χ0) is 15.4. The molecule has 2 aromatic rings. The Kier molecular flexibility index (Phi) is 4.77. The number of unbranched alkanes of at least 4 members (excludes halogenated alkanes) is 1. The Morgan fingerprint density at radius 3 is 2.59 bits per heavy atom. The summed E-state index contributed by atoms with van der Waals surface area (Å²) in [5.41, 5.74) is 0.852. The maximum Gasteiger partial charge on any atom is 0.254 e. The van der Waals surface area contributed by atoms with E-state index in [2.05, 4.69) is 25.1 Å². The normalized spacial score (nSPS) is 16.1. The Hall–Kier alpha value is -1.83. The lowest BCUT2D eigenvalue weighted by atomic mass is 9.91. The summed E-state index contributed by atoms with van der Waals surface area (Å²) in [7, 11) is 0. The first kappa shape index (κ1) is 15.1. The number of rotatable bonds is 4. The highest BCUT2D eigenvalue weighted by Crippen LogP contribution is 2.25. The topological polar surface area (TPSA) is 20.3 Å². The van der Waals surface area contributed by atoms with Crippen molar-refractivity contribution in [3.05, 3.63) is 48.0 Å². The van der Waals surface area contributed by atoms with Gasteiger partial charge < -0.3 is 4.90 Å². The van der Waals surface area contributed by atoms with Crippen LogP contribution in [-0.2, 0) is 0 Å². The Morgan fingerprint density at radius 1 is 1.09 bits per heavy atom. The molecule has 1 amide bonds. The predicted molar refractivity (Wildman–Crippen MR) is 92.1 cm³/mol. The van der Waals surface area contributed by atoms with Crippen molar-refractivity contribution in [3.63, 3.8) is 0 Å². The van der Waals surface area contributed by atoms with E-state index < -0.39 is 0 Å². The minimum absolute atomic E-state index is 0.200. The first-order valence-electron chi connectivity index (χ1n) is 8.56. The predicted octanol–water partition coefficient (Wildman–Crippen LogP) is 4.88. The summed E-state index contributed by atoms with van der Waals surface area (Å²) in [6.07, 6.45) is 6.25. The number of hydrogen-bond acceptors (Lipinski definition) is 1. The van der Waals surface area contributed by atoms with Gasteiger partial charge in [-0.2, -0.15) is 0 Å². The minimum Gasteiger partial charge on any atom is -0.339 e. The number of fused-ring (bicyclic) bond motifs is 1. The van der Waals surface area contributed by atoms with Gasteiger partial charge in [-0.25, -0.2) is 0 Å². The van der Waals surface area contributed by atoms with Gasteiger partial charge in [0.1, 0.15) is 0 Å². The highest BCUT2D eigenvalue weighted by Gasteiger charge is 2.24. The zero-order valence-electron chi connectivity index (χ0n) is 13.4. The third kappa shape index (κ3) is 3.16. The molecule has 0 atom stereocenters. The van der Waals surface area contributed by atoms with Crippen LogP contribution in [0.15, 0.2) is 42.5 Å². The molecule has 1 aliphatic rings. The van der Waals surface area contributed by atoms with Gasteiger partial charge in [-0.1, -0.05) is 62.6 Å². The number of carbonyl (C=O) groups is 1. The molecule has 0 aliphatic carbocycles. The Morgan fingerprint density at radius 2 is 1.82 bits per heavy atom. The fourth-order valence-corrected chi connectivity index (χ4v) is 3.50. The smallest absolute Gasteiger partial charge is 0.254 e. The maximum absolute atomic E-state index is 12.9. The molecular weight excluding hydrogens is 270 g/mol. The molecule has 1 aliphatic heterocycles. The second kappa shape index (κ2) is 6.95. The van der Waals surface area contributed by atoms with Gasteiger partial charge in [0, 0.05) is 18.7 Å². The molecule has 0 bridgehead atoms. The summed E-state index contributed by atoms with van der Waals surface area (Å²) >= 11 is 0. The molecule has 2 aromatic carbocycles. The van der Waals surface area contributed by atoms with Crippen LogP contribution in [0.4, 0.5) is 0 Å². The summed E-state index contributed by atoms with van der Waals surface area (Å²) in [4.78, 5) is 14.9. The molecule has 0 N–H and O–H groups in total. The van der Waals surface area contributed by atoms with Crippen LogP contribution in [-0.4, -0.2) is 23.9 Å². The molecule has 1 fully saturated rings. The Balaban J connectivity index is 1.72. The molecule has 0 spiro atoms. The van der Waals surface area contributed by atoms with Crippen molar-refractivity contribution in [1.29, 1.82) is 0 Å². The van der Waals surface area contributed by atoms with Gasteiger partial charge in [0.2, 0.25) is 0 Å². The number of likely N-dealkylation sites (tertiary alicyclic amines) is 1. The highest BCUT2D eigenvalue weighted by atomic mass is 16.2. The second-order valence-electron chi connectivity index (χ2n) is 6.40. The molecule has 1 saturated heterocycles. The lowest BCUT2D eigenvalue weighted by Crippen LogP contribution is -2.38. The van der Waals surface area contributed by atoms with Crippen LogP contribution in [0.25, 0.3) is 10.8 Å². The van der Waals surface area contributed by atoms with Crippen LogP contribution in [0.3, 0.4) is 0 Å². The molecular formula is C20H25NO. The fourth-order valence-electron chi connectivity index (χ4n) is 3.50. The molecule has 0 saturated carbocycles. The number of nitrogens with zero attached hydrogens (tertiary/aromatic N) is 1. The largest absolute Gasteiger partial charge is 0.339 e. The first-order chi connectivity index (χ1) is 10.8. The van der Waals surface area contributed by atoms with Gasteiger partial charge in [-0.15, -0.1) is 0 Å². The van der Waals surface area contributed by atoms with Crippen LogP contribution in [0.1, 0.15) is 49.4 Å². The molecule has 22 heavy (non-hydrogen) atoms. The van der Waals surface area contributed by atoms with Gasteiger partial charge in [0.05, 0.1) is 0 Å². The van der Waals surface area contributed by atoms with Crippen molar-refractivity contribution in [2.75, 3.05) is 13.1 Å². The lowest BCUT2D eigenvalue weighted by Gasteiger charge is -2.32. The number of piperidine rings is 1. The van der Waals surface area contributed by atoms with Crippen molar-refractivity contribution in [1.82, 2.24) is 4.90 Å². The standard InChI is InChI=1S/C20H25NO/c1-2-3-7-16-12-14-21(15-13-16)20(22)19-11-6-9-17-8-4-5-10-18(17)19/h4-6,8-11,16H,2-3,7,12-15H2,1H3. The highest BCUT2D eigenvalue weighted by molar-refractivity contribution is 6.07. The van der Waals surface area contributed by atoms with Gasteiger partial charge in [-0.05, 0) is 35.6 Å². The molecule has 2 heteroatoms. The lowest BCUT2D eigenvalue weighted by molar-refractivity contribution is 0.0688. The van der Waals surface area contributed by atoms with Gasteiger partial charge in [-0.3, -0.25) is 4.79 Å². The SMILES string of the molecule is CCCCC1CCN(C(=O)c2cccc3ccccc23)CC1. The van der Waals surface area contributed by atoms with E-state index >= 15 is 0 Å². The molecule has 0 radical (unpaired) electrons. The van der Waals surface area contributed by atoms with E-state index in [9.17, 15) is 4.79 Å². The van der Waals surface area contributed by atoms with Crippen molar-refractivity contribution in [3.8, 4) is 0 Å². The van der Waals surface area contributed by atoms with Gasteiger partial charge in [0.15, 0.2) is 0 Å². The van der Waals surface area contributed by atoms with E-state index in [4.69, 9.17) is 0 Å².